The van der Waals surface area contributed by atoms with Crippen molar-refractivity contribution >= 4 is 18.3 Å². The number of rotatable bonds is 3. The molecule has 16 heavy (non-hydrogen) atoms. The van der Waals surface area contributed by atoms with Gasteiger partial charge in [0.05, 0.1) is 12.6 Å². The van der Waals surface area contributed by atoms with Gasteiger partial charge < -0.3 is 14.7 Å². The van der Waals surface area contributed by atoms with Crippen LogP contribution in [0.5, 0.6) is 0 Å². The predicted octanol–water partition coefficient (Wildman–Crippen LogP) is 0.807. The van der Waals surface area contributed by atoms with Crippen LogP contribution in [0.1, 0.15) is 18.5 Å². The minimum atomic E-state index is -0.0121. The highest BCUT2D eigenvalue weighted by molar-refractivity contribution is 5.85. The van der Waals surface area contributed by atoms with Crippen molar-refractivity contribution in [3.8, 4) is 0 Å². The summed E-state index contributed by atoms with van der Waals surface area (Å²) in [5.74, 6) is 0.135. The molecule has 90 valence electrons. The first-order chi connectivity index (χ1) is 7.27. The summed E-state index contributed by atoms with van der Waals surface area (Å²) in [6.45, 7) is 1.45. The second-order valence-electron chi connectivity index (χ2n) is 3.83. The maximum absolute atomic E-state index is 11.9. The van der Waals surface area contributed by atoms with Crippen molar-refractivity contribution in [1.29, 1.82) is 0 Å². The largest absolute Gasteiger partial charge is 0.364 e. The van der Waals surface area contributed by atoms with Gasteiger partial charge in [0.1, 0.15) is 12.0 Å². The highest BCUT2D eigenvalue weighted by Crippen LogP contribution is 2.09. The second kappa shape index (κ2) is 5.86. The molecule has 0 aromatic carbocycles. The van der Waals surface area contributed by atoms with Crippen LogP contribution in [-0.4, -0.2) is 35.6 Å². The van der Waals surface area contributed by atoms with Gasteiger partial charge in [0.2, 0.25) is 5.91 Å². The second-order valence-corrected chi connectivity index (χ2v) is 3.83. The van der Waals surface area contributed by atoms with E-state index in [1.165, 1.54) is 6.26 Å². The third-order valence-electron chi connectivity index (χ3n) is 2.63. The van der Waals surface area contributed by atoms with Crippen LogP contribution in [0.2, 0.25) is 0 Å². The van der Waals surface area contributed by atoms with Crippen LogP contribution in [0.25, 0.3) is 0 Å². The molecular weight excluding hydrogens is 230 g/mol. The fraction of sp³-hybridized carbons (Fsp3) is 0.600. The van der Waals surface area contributed by atoms with Gasteiger partial charge in [-0.05, 0) is 19.4 Å². The number of carbonyl (C=O) groups is 1. The normalized spacial score (nSPS) is 19.2. The number of aromatic nitrogens is 1. The Bertz CT molecular complexity index is 323. The summed E-state index contributed by atoms with van der Waals surface area (Å²) in [6, 6.07) is 1.76. The van der Waals surface area contributed by atoms with Gasteiger partial charge in [-0.3, -0.25) is 4.79 Å². The Morgan fingerprint density at radius 1 is 1.75 bits per heavy atom. The lowest BCUT2D eigenvalue weighted by Gasteiger charge is -2.19. The Kier molecular flexibility index (Phi) is 4.76. The molecule has 2 rings (SSSR count). The van der Waals surface area contributed by atoms with E-state index >= 15 is 0 Å². The maximum atomic E-state index is 11.9. The molecule has 5 nitrogen and oxygen atoms in total. The zero-order valence-corrected chi connectivity index (χ0v) is 10.00. The van der Waals surface area contributed by atoms with Crippen molar-refractivity contribution in [2.24, 2.45) is 0 Å². The van der Waals surface area contributed by atoms with E-state index in [0.29, 0.717) is 6.54 Å². The lowest BCUT2D eigenvalue weighted by atomic mass is 10.2. The molecule has 0 spiro atoms. The first kappa shape index (κ1) is 13.0. The number of nitrogens with zero attached hydrogens (tertiary/aromatic N) is 2. The van der Waals surface area contributed by atoms with Crippen LogP contribution in [0.4, 0.5) is 0 Å². The molecule has 0 radical (unpaired) electrons. The minimum absolute atomic E-state index is 0. The summed E-state index contributed by atoms with van der Waals surface area (Å²) in [7, 11) is 1.79. The number of likely N-dealkylation sites (N-methyl/N-ethyl adjacent to an activating group) is 1. The number of hydrogen-bond acceptors (Lipinski definition) is 4. The highest BCUT2D eigenvalue weighted by Gasteiger charge is 2.25. The molecule has 0 bridgehead atoms. The molecule has 1 fully saturated rings. The van der Waals surface area contributed by atoms with E-state index in [2.05, 4.69) is 10.5 Å². The minimum Gasteiger partial charge on any atom is -0.364 e. The zero-order valence-electron chi connectivity index (χ0n) is 9.18. The van der Waals surface area contributed by atoms with Crippen LogP contribution in [-0.2, 0) is 11.3 Å². The Morgan fingerprint density at radius 2 is 2.56 bits per heavy atom. The molecule has 1 aliphatic heterocycles. The van der Waals surface area contributed by atoms with Crippen molar-refractivity contribution in [2.45, 2.75) is 25.4 Å². The molecule has 1 aromatic rings. The summed E-state index contributed by atoms with van der Waals surface area (Å²) < 4.78 is 4.72. The first-order valence-corrected chi connectivity index (χ1v) is 5.15. The standard InChI is InChI=1S/C10H15N3O2.ClH/c1-13(7-8-4-6-15-12-8)10(14)9-3-2-5-11-9;/h4,6,9,11H,2-3,5,7H2,1H3;1H/t9-;/m0./s1. The molecule has 1 atom stereocenters. The van der Waals surface area contributed by atoms with E-state index in [-0.39, 0.29) is 24.4 Å². The van der Waals surface area contributed by atoms with Gasteiger partial charge in [0.15, 0.2) is 0 Å². The van der Waals surface area contributed by atoms with E-state index in [1.807, 2.05) is 0 Å². The quantitative estimate of drug-likeness (QED) is 0.856. The van der Waals surface area contributed by atoms with Gasteiger partial charge in [0, 0.05) is 13.1 Å². The fourth-order valence-electron chi connectivity index (χ4n) is 1.80. The van der Waals surface area contributed by atoms with E-state index in [9.17, 15) is 4.79 Å². The average Bonchev–Trinajstić information content (AvgIpc) is 2.88. The molecule has 1 saturated heterocycles. The van der Waals surface area contributed by atoms with Gasteiger partial charge in [-0.25, -0.2) is 0 Å². The summed E-state index contributed by atoms with van der Waals surface area (Å²) >= 11 is 0. The molecule has 1 aliphatic rings. The van der Waals surface area contributed by atoms with E-state index in [1.54, 1.807) is 18.0 Å². The lowest BCUT2D eigenvalue weighted by Crippen LogP contribution is -2.41. The molecule has 1 N–H and O–H groups in total. The topological polar surface area (TPSA) is 58.4 Å². The summed E-state index contributed by atoms with van der Waals surface area (Å²) in [5, 5.41) is 6.96. The van der Waals surface area contributed by atoms with Crippen LogP contribution >= 0.6 is 12.4 Å². The highest BCUT2D eigenvalue weighted by atomic mass is 35.5. The molecule has 1 aromatic heterocycles. The number of halogens is 1. The van der Waals surface area contributed by atoms with Gasteiger partial charge in [-0.2, -0.15) is 0 Å². The third-order valence-corrected chi connectivity index (χ3v) is 2.63. The molecule has 0 saturated carbocycles. The van der Waals surface area contributed by atoms with Gasteiger partial charge in [0.25, 0.3) is 0 Å². The predicted molar refractivity (Wildman–Crippen MR) is 61.2 cm³/mol. The van der Waals surface area contributed by atoms with Gasteiger partial charge >= 0.3 is 0 Å². The third kappa shape index (κ3) is 2.96. The Morgan fingerprint density at radius 3 is 3.12 bits per heavy atom. The zero-order chi connectivity index (χ0) is 10.7. The Labute approximate surface area is 101 Å². The molecule has 2 heterocycles. The Balaban J connectivity index is 0.00000128. The molecule has 6 heteroatoms. The number of carbonyl (C=O) groups excluding carboxylic acids is 1. The lowest BCUT2D eigenvalue weighted by molar-refractivity contribution is -0.132. The number of amides is 1. The monoisotopic (exact) mass is 245 g/mol. The van der Waals surface area contributed by atoms with Gasteiger partial charge in [-0.15, -0.1) is 12.4 Å². The van der Waals surface area contributed by atoms with E-state index in [4.69, 9.17) is 4.52 Å². The van der Waals surface area contributed by atoms with E-state index < -0.39 is 0 Å². The Hall–Kier alpha value is -1.07. The van der Waals surface area contributed by atoms with Gasteiger partial charge in [-0.1, -0.05) is 5.16 Å². The number of hydrogen-bond donors (Lipinski definition) is 1. The molecule has 0 aliphatic carbocycles. The van der Waals surface area contributed by atoms with Crippen LogP contribution < -0.4 is 5.32 Å². The molecule has 0 unspecified atom stereocenters. The SMILES string of the molecule is CN(Cc1ccon1)C(=O)[C@@H]1CCCN1.Cl. The summed E-state index contributed by atoms with van der Waals surface area (Å²) in [6.07, 6.45) is 3.53. The van der Waals surface area contributed by atoms with Crippen molar-refractivity contribution in [2.75, 3.05) is 13.6 Å². The van der Waals surface area contributed by atoms with Crippen LogP contribution in [0.15, 0.2) is 16.9 Å². The number of nitrogens with one attached hydrogen (secondary N) is 1. The molecule has 1 amide bonds. The van der Waals surface area contributed by atoms with Crippen molar-refractivity contribution < 1.29 is 9.32 Å². The van der Waals surface area contributed by atoms with Crippen LogP contribution in [0.3, 0.4) is 0 Å². The fourth-order valence-corrected chi connectivity index (χ4v) is 1.80. The van der Waals surface area contributed by atoms with Crippen LogP contribution in [0, 0.1) is 0 Å². The summed E-state index contributed by atoms with van der Waals surface area (Å²) in [4.78, 5) is 13.6. The average molecular weight is 246 g/mol. The first-order valence-electron chi connectivity index (χ1n) is 5.15. The van der Waals surface area contributed by atoms with Crippen molar-refractivity contribution in [3.05, 3.63) is 18.0 Å². The van der Waals surface area contributed by atoms with E-state index in [0.717, 1.165) is 25.1 Å². The molecular formula is C10H16ClN3O2. The smallest absolute Gasteiger partial charge is 0.239 e. The van der Waals surface area contributed by atoms with Crippen molar-refractivity contribution in [1.82, 2.24) is 15.4 Å². The maximum Gasteiger partial charge on any atom is 0.239 e. The van der Waals surface area contributed by atoms with Crippen molar-refractivity contribution in [3.63, 3.8) is 0 Å². The summed E-state index contributed by atoms with van der Waals surface area (Å²) in [5.41, 5.74) is 0.781.